The number of primary amides is 1. The summed E-state index contributed by atoms with van der Waals surface area (Å²) in [5, 5.41) is 0. The predicted octanol–water partition coefficient (Wildman–Crippen LogP) is 1.77. The highest BCUT2D eigenvalue weighted by Gasteiger charge is 2.20. The van der Waals surface area contributed by atoms with Gasteiger partial charge in [0.1, 0.15) is 5.56 Å². The Labute approximate surface area is 100 Å². The smallest absolute Gasteiger partial charge is 0.260 e. The highest BCUT2D eigenvalue weighted by Crippen LogP contribution is 2.34. The van der Waals surface area contributed by atoms with Gasteiger partial charge in [-0.1, -0.05) is 19.8 Å². The molecule has 1 heterocycles. The van der Waals surface area contributed by atoms with Crippen LogP contribution in [0.2, 0.25) is 0 Å². The number of carbonyl (C=O) groups is 1. The molecule has 0 aliphatic heterocycles. The molecule has 2 rings (SSSR count). The van der Waals surface area contributed by atoms with Crippen molar-refractivity contribution in [3.8, 4) is 0 Å². The van der Waals surface area contributed by atoms with Gasteiger partial charge in [-0.3, -0.25) is 9.59 Å². The number of carbonyl (C=O) groups excluding carboxylic acids is 1. The van der Waals surface area contributed by atoms with E-state index < -0.39 is 5.91 Å². The van der Waals surface area contributed by atoms with E-state index in [0.717, 1.165) is 24.5 Å². The first-order valence-electron chi connectivity index (χ1n) is 6.11. The fourth-order valence-electron chi connectivity index (χ4n) is 2.49. The summed E-state index contributed by atoms with van der Waals surface area (Å²) >= 11 is 0. The van der Waals surface area contributed by atoms with Crippen molar-refractivity contribution in [1.29, 1.82) is 0 Å². The zero-order chi connectivity index (χ0) is 12.4. The molecule has 0 bridgehead atoms. The molecule has 1 aromatic rings. The first kappa shape index (κ1) is 11.9. The molecule has 0 radical (unpaired) electrons. The van der Waals surface area contributed by atoms with Crippen LogP contribution in [0.1, 0.15) is 54.6 Å². The number of nitrogens with two attached hydrogens (primary N) is 1. The second kappa shape index (κ2) is 4.73. The van der Waals surface area contributed by atoms with Crippen molar-refractivity contribution in [2.24, 2.45) is 11.7 Å². The quantitative estimate of drug-likeness (QED) is 0.818. The third-order valence-electron chi connectivity index (χ3n) is 3.65. The van der Waals surface area contributed by atoms with E-state index in [4.69, 9.17) is 5.73 Å². The van der Waals surface area contributed by atoms with Crippen molar-refractivity contribution in [2.45, 2.75) is 38.5 Å². The third kappa shape index (κ3) is 2.57. The molecule has 1 fully saturated rings. The van der Waals surface area contributed by atoms with Gasteiger partial charge in [-0.05, 0) is 36.8 Å². The van der Waals surface area contributed by atoms with Gasteiger partial charge in [0, 0.05) is 5.69 Å². The minimum Gasteiger partial charge on any atom is -0.365 e. The van der Waals surface area contributed by atoms with Gasteiger partial charge in [0.15, 0.2) is 0 Å². The number of nitrogens with one attached hydrogen (secondary N) is 1. The summed E-state index contributed by atoms with van der Waals surface area (Å²) in [6.45, 7) is 2.26. The van der Waals surface area contributed by atoms with Gasteiger partial charge in [-0.15, -0.1) is 0 Å². The molecule has 0 unspecified atom stereocenters. The highest BCUT2D eigenvalue weighted by molar-refractivity contribution is 5.92. The lowest BCUT2D eigenvalue weighted by Crippen LogP contribution is -2.25. The van der Waals surface area contributed by atoms with Gasteiger partial charge in [0.2, 0.25) is 0 Å². The number of rotatable bonds is 2. The SMILES string of the molecule is CC1CCC(c2ccc(C(N)=O)c(=O)[nH]2)CC1. The fourth-order valence-corrected chi connectivity index (χ4v) is 2.49. The number of H-pyrrole nitrogens is 1. The monoisotopic (exact) mass is 234 g/mol. The maximum atomic E-state index is 11.6. The lowest BCUT2D eigenvalue weighted by Gasteiger charge is -2.26. The zero-order valence-corrected chi connectivity index (χ0v) is 10.0. The van der Waals surface area contributed by atoms with Crippen LogP contribution in [0.25, 0.3) is 0 Å². The molecular weight excluding hydrogens is 216 g/mol. The van der Waals surface area contributed by atoms with Crippen molar-refractivity contribution < 1.29 is 4.79 Å². The Balaban J connectivity index is 2.20. The maximum absolute atomic E-state index is 11.6. The molecule has 1 saturated carbocycles. The summed E-state index contributed by atoms with van der Waals surface area (Å²) in [5.74, 6) is 0.527. The molecule has 0 atom stereocenters. The maximum Gasteiger partial charge on any atom is 0.260 e. The van der Waals surface area contributed by atoms with Gasteiger partial charge in [-0.2, -0.15) is 0 Å². The van der Waals surface area contributed by atoms with Crippen LogP contribution in [0.5, 0.6) is 0 Å². The van der Waals surface area contributed by atoms with Crippen LogP contribution >= 0.6 is 0 Å². The minimum atomic E-state index is -0.671. The van der Waals surface area contributed by atoms with E-state index in [0.29, 0.717) is 5.92 Å². The predicted molar refractivity (Wildman–Crippen MR) is 66.0 cm³/mol. The Morgan fingerprint density at radius 1 is 1.29 bits per heavy atom. The van der Waals surface area contributed by atoms with Gasteiger partial charge < -0.3 is 10.7 Å². The van der Waals surface area contributed by atoms with Crippen LogP contribution in [-0.4, -0.2) is 10.9 Å². The van der Waals surface area contributed by atoms with Gasteiger partial charge in [-0.25, -0.2) is 0 Å². The molecule has 17 heavy (non-hydrogen) atoms. The molecule has 1 aliphatic rings. The summed E-state index contributed by atoms with van der Waals surface area (Å²) in [6.07, 6.45) is 4.61. The summed E-state index contributed by atoms with van der Waals surface area (Å²) in [7, 11) is 0. The number of aromatic nitrogens is 1. The Hall–Kier alpha value is -1.58. The molecule has 0 aromatic carbocycles. The van der Waals surface area contributed by atoms with Gasteiger partial charge >= 0.3 is 0 Å². The van der Waals surface area contributed by atoms with Crippen LogP contribution in [0.4, 0.5) is 0 Å². The Morgan fingerprint density at radius 2 is 1.94 bits per heavy atom. The lowest BCUT2D eigenvalue weighted by atomic mass is 9.81. The first-order valence-corrected chi connectivity index (χ1v) is 6.11. The van der Waals surface area contributed by atoms with Crippen LogP contribution in [0.3, 0.4) is 0 Å². The Bertz CT molecular complexity index is 471. The largest absolute Gasteiger partial charge is 0.365 e. The topological polar surface area (TPSA) is 76.0 Å². The van der Waals surface area contributed by atoms with E-state index in [1.807, 2.05) is 6.07 Å². The van der Waals surface area contributed by atoms with Crippen LogP contribution < -0.4 is 11.3 Å². The first-order chi connectivity index (χ1) is 8.08. The number of hydrogen-bond acceptors (Lipinski definition) is 2. The van der Waals surface area contributed by atoms with E-state index in [9.17, 15) is 9.59 Å². The zero-order valence-electron chi connectivity index (χ0n) is 10.0. The molecule has 4 nitrogen and oxygen atoms in total. The number of aromatic amines is 1. The fraction of sp³-hybridized carbons (Fsp3) is 0.538. The summed E-state index contributed by atoms with van der Waals surface area (Å²) < 4.78 is 0. The molecule has 0 saturated heterocycles. The highest BCUT2D eigenvalue weighted by atomic mass is 16.2. The van der Waals surface area contributed by atoms with Gasteiger partial charge in [0.25, 0.3) is 11.5 Å². The van der Waals surface area contributed by atoms with Crippen LogP contribution in [0, 0.1) is 5.92 Å². The summed E-state index contributed by atoms with van der Waals surface area (Å²) in [6, 6.07) is 3.36. The van der Waals surface area contributed by atoms with E-state index in [1.54, 1.807) is 0 Å². The van der Waals surface area contributed by atoms with Crippen molar-refractivity contribution in [3.63, 3.8) is 0 Å². The molecule has 3 N–H and O–H groups in total. The van der Waals surface area contributed by atoms with Crippen molar-refractivity contribution in [1.82, 2.24) is 4.98 Å². The van der Waals surface area contributed by atoms with Gasteiger partial charge in [0.05, 0.1) is 0 Å². The average Bonchev–Trinajstić information content (AvgIpc) is 2.29. The van der Waals surface area contributed by atoms with Crippen molar-refractivity contribution >= 4 is 5.91 Å². The average molecular weight is 234 g/mol. The van der Waals surface area contributed by atoms with E-state index in [1.165, 1.54) is 18.9 Å². The number of hydrogen-bond donors (Lipinski definition) is 2. The standard InChI is InChI=1S/C13H18N2O2/c1-8-2-4-9(5-3-8)11-7-6-10(12(14)16)13(17)15-11/h6-9H,2-5H2,1H3,(H2,14,16)(H,15,17). The molecule has 1 aromatic heterocycles. The summed E-state index contributed by atoms with van der Waals surface area (Å²) in [4.78, 5) is 25.4. The van der Waals surface area contributed by atoms with E-state index >= 15 is 0 Å². The minimum absolute atomic E-state index is 0.0397. The Morgan fingerprint density at radius 3 is 2.47 bits per heavy atom. The molecule has 92 valence electrons. The van der Waals surface area contributed by atoms with E-state index in [2.05, 4.69) is 11.9 Å². The van der Waals surface area contributed by atoms with Crippen LogP contribution in [0.15, 0.2) is 16.9 Å². The third-order valence-corrected chi connectivity index (χ3v) is 3.65. The molecule has 1 amide bonds. The lowest BCUT2D eigenvalue weighted by molar-refractivity contribution is 0.0999. The van der Waals surface area contributed by atoms with Crippen LogP contribution in [-0.2, 0) is 0 Å². The summed E-state index contributed by atoms with van der Waals surface area (Å²) in [5.41, 5.74) is 5.71. The molecular formula is C13H18N2O2. The second-order valence-electron chi connectivity index (χ2n) is 4.98. The Kier molecular flexibility index (Phi) is 3.31. The van der Waals surface area contributed by atoms with Crippen molar-refractivity contribution in [2.75, 3.05) is 0 Å². The number of pyridine rings is 1. The second-order valence-corrected chi connectivity index (χ2v) is 4.98. The normalized spacial score (nSPS) is 24.5. The molecule has 1 aliphatic carbocycles. The van der Waals surface area contributed by atoms with E-state index in [-0.39, 0.29) is 11.1 Å². The number of amides is 1. The molecule has 4 heteroatoms. The van der Waals surface area contributed by atoms with Crippen molar-refractivity contribution in [3.05, 3.63) is 33.7 Å². The molecule has 0 spiro atoms.